The molecule has 2 aromatic carbocycles. The highest BCUT2D eigenvalue weighted by Crippen LogP contribution is 2.35. The molecule has 4 amide bonds. The van der Waals surface area contributed by atoms with Crippen molar-refractivity contribution >= 4 is 41.2 Å². The molecule has 18 heteroatoms. The van der Waals surface area contributed by atoms with Gasteiger partial charge in [0.2, 0.25) is 12.3 Å². The van der Waals surface area contributed by atoms with Crippen molar-refractivity contribution in [3.05, 3.63) is 107 Å². The molecule has 9 rings (SSSR count). The second kappa shape index (κ2) is 20.3. The lowest BCUT2D eigenvalue weighted by atomic mass is 9.85. The number of imide groups is 1. The number of nitrogens with one attached hydrogen (secondary N) is 2. The van der Waals surface area contributed by atoms with Gasteiger partial charge in [-0.25, -0.2) is 18.3 Å². The third kappa shape index (κ3) is 10.1. The predicted octanol–water partition coefficient (Wildman–Crippen LogP) is 5.40. The number of benzene rings is 2. The minimum Gasteiger partial charge on any atom is -0.492 e. The summed E-state index contributed by atoms with van der Waals surface area (Å²) in [4.78, 5) is 65.8. The fourth-order valence-electron chi connectivity index (χ4n) is 10.6. The molecular formula is C51H57F2N11O5. The highest BCUT2D eigenvalue weighted by Gasteiger charge is 2.40. The SMILES string of the molecule is CCOc1cc(-c2ccc(N3CCC(CN4CCC(N5CCN(c6ccc7c(c6)C(=O)N(C(C)CCC(=O)NC=O)C7)CC5)CC4)(NC(=O)c4cc(F)ccc4F)CC3)nc2)c2c(C#N)cnn2c1. The number of nitriles is 1. The number of anilines is 2. The van der Waals surface area contributed by atoms with E-state index in [9.17, 15) is 33.2 Å². The maximum Gasteiger partial charge on any atom is 0.254 e. The van der Waals surface area contributed by atoms with Crippen LogP contribution < -0.4 is 25.2 Å². The summed E-state index contributed by atoms with van der Waals surface area (Å²) in [5.74, 6) is -1.09. The molecule has 0 aliphatic carbocycles. The first-order valence-corrected chi connectivity index (χ1v) is 23.9. The Bertz CT molecular complexity index is 2750. The molecule has 3 saturated heterocycles. The molecule has 16 nitrogen and oxygen atoms in total. The number of nitrogens with zero attached hydrogens (tertiary/aromatic N) is 9. The smallest absolute Gasteiger partial charge is 0.254 e. The normalized spacial score (nSPS) is 18.2. The van der Waals surface area contributed by atoms with E-state index in [4.69, 9.17) is 9.72 Å². The predicted molar refractivity (Wildman–Crippen MR) is 255 cm³/mol. The van der Waals surface area contributed by atoms with E-state index < -0.39 is 23.1 Å². The number of carbonyl (C=O) groups is 4. The summed E-state index contributed by atoms with van der Waals surface area (Å²) in [5, 5.41) is 19.5. The summed E-state index contributed by atoms with van der Waals surface area (Å²) < 4.78 is 36.7. The number of hydrogen-bond acceptors (Lipinski definition) is 12. The van der Waals surface area contributed by atoms with Crippen molar-refractivity contribution < 1.29 is 32.7 Å². The topological polar surface area (TPSA) is 172 Å². The van der Waals surface area contributed by atoms with Gasteiger partial charge >= 0.3 is 0 Å². The minimum absolute atomic E-state index is 0.0361. The molecule has 1 atom stereocenters. The van der Waals surface area contributed by atoms with E-state index in [2.05, 4.69) is 47.5 Å². The average Bonchev–Trinajstić information content (AvgIpc) is 3.94. The van der Waals surface area contributed by atoms with Crippen molar-refractivity contribution in [3.63, 3.8) is 0 Å². The summed E-state index contributed by atoms with van der Waals surface area (Å²) >= 11 is 0. The number of hydrogen-bond donors (Lipinski definition) is 2. The molecule has 69 heavy (non-hydrogen) atoms. The van der Waals surface area contributed by atoms with Crippen LogP contribution in [0, 0.1) is 23.0 Å². The van der Waals surface area contributed by atoms with Gasteiger partial charge in [-0.2, -0.15) is 10.4 Å². The Kier molecular flexibility index (Phi) is 13.9. The van der Waals surface area contributed by atoms with E-state index in [1.54, 1.807) is 21.8 Å². The number of halogens is 2. The molecule has 0 radical (unpaired) electrons. The maximum absolute atomic E-state index is 15.0. The number of likely N-dealkylation sites (tertiary alicyclic amines) is 1. The number of piperazine rings is 1. The molecule has 360 valence electrons. The Morgan fingerprint density at radius 2 is 1.74 bits per heavy atom. The second-order valence-corrected chi connectivity index (χ2v) is 18.6. The van der Waals surface area contributed by atoms with Gasteiger partial charge in [0.15, 0.2) is 0 Å². The lowest BCUT2D eigenvalue weighted by molar-refractivity contribution is -0.125. The number of carbonyl (C=O) groups excluding carboxylic acids is 4. The van der Waals surface area contributed by atoms with E-state index in [1.807, 2.05) is 44.2 Å². The van der Waals surface area contributed by atoms with E-state index in [0.717, 1.165) is 98.5 Å². The molecule has 3 fully saturated rings. The van der Waals surface area contributed by atoms with Gasteiger partial charge in [0.1, 0.15) is 29.3 Å². The molecule has 4 aliphatic heterocycles. The fourth-order valence-corrected chi connectivity index (χ4v) is 10.6. The molecular weight excluding hydrogens is 885 g/mol. The van der Waals surface area contributed by atoms with Crippen LogP contribution in [0.2, 0.25) is 0 Å². The summed E-state index contributed by atoms with van der Waals surface area (Å²) in [6, 6.07) is 17.4. The van der Waals surface area contributed by atoms with Gasteiger partial charge in [0.05, 0.1) is 41.2 Å². The summed E-state index contributed by atoms with van der Waals surface area (Å²) in [6.45, 7) is 11.6. The Morgan fingerprint density at radius 1 is 0.957 bits per heavy atom. The molecule has 5 aromatic rings. The van der Waals surface area contributed by atoms with Crippen LogP contribution in [0.5, 0.6) is 5.75 Å². The Morgan fingerprint density at radius 3 is 2.45 bits per heavy atom. The van der Waals surface area contributed by atoms with Crippen molar-refractivity contribution in [3.8, 4) is 22.9 Å². The summed E-state index contributed by atoms with van der Waals surface area (Å²) in [7, 11) is 0. The highest BCUT2D eigenvalue weighted by molar-refractivity contribution is 5.99. The molecule has 0 saturated carbocycles. The van der Waals surface area contributed by atoms with Crippen LogP contribution >= 0.6 is 0 Å². The van der Waals surface area contributed by atoms with Crippen LogP contribution in [0.4, 0.5) is 20.3 Å². The van der Waals surface area contributed by atoms with E-state index in [-0.39, 0.29) is 29.8 Å². The van der Waals surface area contributed by atoms with Crippen LogP contribution in [-0.4, -0.2) is 137 Å². The number of pyridine rings is 2. The second-order valence-electron chi connectivity index (χ2n) is 18.6. The van der Waals surface area contributed by atoms with Crippen molar-refractivity contribution in [2.75, 3.05) is 75.3 Å². The Labute approximate surface area is 399 Å². The van der Waals surface area contributed by atoms with Crippen molar-refractivity contribution in [2.45, 2.75) is 76.5 Å². The van der Waals surface area contributed by atoms with Crippen LogP contribution in [-0.2, 0) is 16.1 Å². The first kappa shape index (κ1) is 47.1. The van der Waals surface area contributed by atoms with Gasteiger partial charge in [-0.05, 0) is 113 Å². The van der Waals surface area contributed by atoms with Crippen molar-refractivity contribution in [1.82, 2.24) is 39.9 Å². The van der Waals surface area contributed by atoms with E-state index in [0.29, 0.717) is 86.9 Å². The minimum atomic E-state index is -0.771. The number of ether oxygens (including phenoxy) is 1. The summed E-state index contributed by atoms with van der Waals surface area (Å²) in [6.07, 6.45) is 9.12. The molecule has 3 aromatic heterocycles. The third-order valence-electron chi connectivity index (χ3n) is 14.4. The zero-order chi connectivity index (χ0) is 48.2. The monoisotopic (exact) mass is 941 g/mol. The van der Waals surface area contributed by atoms with Crippen LogP contribution in [0.3, 0.4) is 0 Å². The summed E-state index contributed by atoms with van der Waals surface area (Å²) in [5.41, 5.74) is 4.37. The third-order valence-corrected chi connectivity index (χ3v) is 14.4. The zero-order valence-corrected chi connectivity index (χ0v) is 39.0. The van der Waals surface area contributed by atoms with Crippen LogP contribution in [0.1, 0.15) is 84.2 Å². The lowest BCUT2D eigenvalue weighted by Crippen LogP contribution is -2.62. The van der Waals surface area contributed by atoms with Gasteiger partial charge in [-0.15, -0.1) is 0 Å². The molecule has 4 aliphatic rings. The first-order valence-electron chi connectivity index (χ1n) is 23.9. The van der Waals surface area contributed by atoms with Gasteiger partial charge in [0, 0.05) is 99.4 Å². The standard InChI is InChI=1S/C51H57F2N11O5/c1-3-69-41-26-42(48-37(27-54)29-57-64(48)31-41)35-6-10-46(55-28-35)62-18-14-51(15-19-62,58-49(67)44-24-38(52)7-9-45(44)53)32-59-16-12-39(13-17-59)60-20-22-61(23-21-60)40-8-5-36-30-63(50(68)43(36)25-40)34(2)4-11-47(66)56-33-65/h5-10,24-26,28-29,31,33-34,39H,3-4,11-23,30,32H2,1-2H3,(H,58,67)(H,56,65,66). The van der Waals surface area contributed by atoms with Gasteiger partial charge in [0.25, 0.3) is 11.8 Å². The quantitative estimate of drug-likeness (QED) is 0.128. The van der Waals surface area contributed by atoms with E-state index >= 15 is 0 Å². The fraction of sp³-hybridized carbons (Fsp3) is 0.431. The molecule has 0 spiro atoms. The Balaban J connectivity index is 0.818. The number of amides is 4. The molecule has 7 heterocycles. The zero-order valence-electron chi connectivity index (χ0n) is 39.0. The van der Waals surface area contributed by atoms with Gasteiger partial charge in [-0.1, -0.05) is 6.07 Å². The Hall–Kier alpha value is -6.97. The number of fused-ring (bicyclic) bond motifs is 2. The highest BCUT2D eigenvalue weighted by atomic mass is 19.1. The first-order chi connectivity index (χ1) is 33.4. The van der Waals surface area contributed by atoms with Crippen molar-refractivity contribution in [2.24, 2.45) is 0 Å². The van der Waals surface area contributed by atoms with Crippen molar-refractivity contribution in [1.29, 1.82) is 5.26 Å². The maximum atomic E-state index is 15.0. The van der Waals surface area contributed by atoms with Gasteiger partial charge in [-0.3, -0.25) is 29.4 Å². The van der Waals surface area contributed by atoms with Crippen LogP contribution in [0.25, 0.3) is 16.6 Å². The van der Waals surface area contributed by atoms with Crippen LogP contribution in [0.15, 0.2) is 73.2 Å². The lowest BCUT2D eigenvalue weighted by Gasteiger charge is -2.48. The van der Waals surface area contributed by atoms with E-state index in [1.165, 1.54) is 6.20 Å². The number of rotatable bonds is 15. The number of aromatic nitrogens is 3. The van der Waals surface area contributed by atoms with Gasteiger partial charge < -0.3 is 29.7 Å². The molecule has 2 N–H and O–H groups in total. The largest absolute Gasteiger partial charge is 0.492 e. The average molecular weight is 942 g/mol. The molecule has 0 bridgehead atoms. The molecule has 1 unspecified atom stereocenters. The number of piperidine rings is 2.